The van der Waals surface area contributed by atoms with Crippen molar-refractivity contribution >= 4 is 23.5 Å². The van der Waals surface area contributed by atoms with Crippen molar-refractivity contribution in [3.05, 3.63) is 48.5 Å². The molecule has 0 atom stereocenters. The Balaban J connectivity index is 0.000000221. The number of nitrogens with one attached hydrogen (secondary N) is 2. The Labute approximate surface area is 185 Å². The third-order valence-corrected chi connectivity index (χ3v) is 5.46. The summed E-state index contributed by atoms with van der Waals surface area (Å²) in [5.41, 5.74) is 2.84. The van der Waals surface area contributed by atoms with Crippen LogP contribution in [0.3, 0.4) is 0 Å². The first kappa shape index (κ1) is 24.5. The summed E-state index contributed by atoms with van der Waals surface area (Å²) in [5, 5.41) is 24.3. The summed E-state index contributed by atoms with van der Waals surface area (Å²) < 4.78 is 0. The maximum atomic E-state index is 10.2. The Morgan fingerprint density at radius 1 is 1.10 bits per heavy atom. The zero-order valence-electron chi connectivity index (χ0n) is 18.6. The highest BCUT2D eigenvalue weighted by Crippen LogP contribution is 2.20. The molecule has 7 heteroatoms. The minimum atomic E-state index is 0.141. The molecule has 1 saturated heterocycles. The van der Waals surface area contributed by atoms with E-state index in [1.165, 1.54) is 25.9 Å². The SMILES string of the molecule is CCN(CCO)c1ccc(NC=O)cc1.CCN1CCC(Nc2cccc(O)c2)CC1. The quantitative estimate of drug-likeness (QED) is 0.458. The first-order valence-corrected chi connectivity index (χ1v) is 11.0. The Kier molecular flexibility index (Phi) is 10.7. The van der Waals surface area contributed by atoms with E-state index in [1.807, 2.05) is 43.3 Å². The van der Waals surface area contributed by atoms with E-state index in [4.69, 9.17) is 5.11 Å². The Bertz CT molecular complexity index is 762. The highest BCUT2D eigenvalue weighted by Gasteiger charge is 2.17. The number of aliphatic hydroxyl groups is 1. The van der Waals surface area contributed by atoms with Gasteiger partial charge in [-0.3, -0.25) is 4.79 Å². The van der Waals surface area contributed by atoms with E-state index in [2.05, 4.69) is 27.4 Å². The highest BCUT2D eigenvalue weighted by atomic mass is 16.3. The third kappa shape index (κ3) is 8.47. The topological polar surface area (TPSA) is 88.1 Å². The standard InChI is InChI=1S/C13H20N2O.C11H16N2O2/c1-2-15-8-6-11(7-9-15)14-12-4-3-5-13(16)10-12;1-2-13(7-8-14)11-5-3-10(4-6-11)12-9-15/h3-5,10-11,14,16H,2,6-9H2,1H3;3-6,9,14H,2,7-8H2,1H3,(H,12,15). The van der Waals surface area contributed by atoms with Gasteiger partial charge in [0.15, 0.2) is 0 Å². The fraction of sp³-hybridized carbons (Fsp3) is 0.458. The number of hydrogen-bond acceptors (Lipinski definition) is 6. The van der Waals surface area contributed by atoms with Crippen LogP contribution in [0.4, 0.5) is 17.1 Å². The lowest BCUT2D eigenvalue weighted by Crippen LogP contribution is -2.38. The lowest BCUT2D eigenvalue weighted by atomic mass is 10.0. The van der Waals surface area contributed by atoms with Gasteiger partial charge in [-0.25, -0.2) is 0 Å². The minimum absolute atomic E-state index is 0.141. The molecule has 1 aliphatic rings. The summed E-state index contributed by atoms with van der Waals surface area (Å²) in [6.07, 6.45) is 3.02. The lowest BCUT2D eigenvalue weighted by molar-refractivity contribution is -0.105. The van der Waals surface area contributed by atoms with Crippen LogP contribution in [-0.2, 0) is 4.79 Å². The molecule has 0 aromatic heterocycles. The number of likely N-dealkylation sites (tertiary alicyclic amines) is 1. The highest BCUT2D eigenvalue weighted by molar-refractivity contribution is 5.72. The Hall–Kier alpha value is -2.77. The van der Waals surface area contributed by atoms with Crippen molar-refractivity contribution in [1.82, 2.24) is 4.90 Å². The molecule has 7 nitrogen and oxygen atoms in total. The van der Waals surface area contributed by atoms with Gasteiger partial charge in [-0.2, -0.15) is 0 Å². The molecule has 4 N–H and O–H groups in total. The molecule has 0 aliphatic carbocycles. The van der Waals surface area contributed by atoms with Gasteiger partial charge >= 0.3 is 0 Å². The van der Waals surface area contributed by atoms with Crippen molar-refractivity contribution in [2.24, 2.45) is 0 Å². The second-order valence-electron chi connectivity index (χ2n) is 7.52. The molecule has 0 unspecified atom stereocenters. The largest absolute Gasteiger partial charge is 0.508 e. The maximum Gasteiger partial charge on any atom is 0.211 e. The zero-order valence-corrected chi connectivity index (χ0v) is 18.6. The van der Waals surface area contributed by atoms with Gasteiger partial charge in [0.25, 0.3) is 0 Å². The van der Waals surface area contributed by atoms with Gasteiger partial charge in [-0.15, -0.1) is 0 Å². The molecular weight excluding hydrogens is 392 g/mol. The Morgan fingerprint density at radius 2 is 1.81 bits per heavy atom. The second-order valence-corrected chi connectivity index (χ2v) is 7.52. The lowest BCUT2D eigenvalue weighted by Gasteiger charge is -2.32. The van der Waals surface area contributed by atoms with Crippen LogP contribution < -0.4 is 15.5 Å². The van der Waals surface area contributed by atoms with Crippen LogP contribution in [0.5, 0.6) is 5.75 Å². The molecule has 3 rings (SSSR count). The fourth-order valence-corrected chi connectivity index (χ4v) is 3.65. The summed E-state index contributed by atoms with van der Waals surface area (Å²) >= 11 is 0. The van der Waals surface area contributed by atoms with E-state index in [0.717, 1.165) is 30.2 Å². The van der Waals surface area contributed by atoms with Gasteiger partial charge in [-0.05, 0) is 62.7 Å². The molecule has 1 aliphatic heterocycles. The molecule has 170 valence electrons. The van der Waals surface area contributed by atoms with Gasteiger partial charge in [0.1, 0.15) is 5.75 Å². The molecular formula is C24H36N4O3. The van der Waals surface area contributed by atoms with E-state index in [1.54, 1.807) is 12.1 Å². The summed E-state index contributed by atoms with van der Waals surface area (Å²) in [7, 11) is 0. The predicted octanol–water partition coefficient (Wildman–Crippen LogP) is 3.36. The van der Waals surface area contributed by atoms with Crippen molar-refractivity contribution in [1.29, 1.82) is 0 Å². The number of rotatable bonds is 9. The molecule has 0 spiro atoms. The van der Waals surface area contributed by atoms with E-state index in [9.17, 15) is 9.90 Å². The van der Waals surface area contributed by atoms with E-state index >= 15 is 0 Å². The molecule has 2 aromatic rings. The molecule has 1 amide bonds. The summed E-state index contributed by atoms with van der Waals surface area (Å²) in [5.74, 6) is 0.330. The van der Waals surface area contributed by atoms with Crippen molar-refractivity contribution in [2.45, 2.75) is 32.7 Å². The molecule has 0 bridgehead atoms. The van der Waals surface area contributed by atoms with Crippen LogP contribution in [0.1, 0.15) is 26.7 Å². The maximum absolute atomic E-state index is 10.2. The number of benzene rings is 2. The average Bonchev–Trinajstić information content (AvgIpc) is 2.79. The van der Waals surface area contributed by atoms with Crippen LogP contribution >= 0.6 is 0 Å². The van der Waals surface area contributed by atoms with Crippen LogP contribution in [0.25, 0.3) is 0 Å². The predicted molar refractivity (Wildman–Crippen MR) is 128 cm³/mol. The monoisotopic (exact) mass is 428 g/mol. The van der Waals surface area contributed by atoms with Crippen LogP contribution in [-0.4, -0.2) is 66.9 Å². The van der Waals surface area contributed by atoms with Crippen molar-refractivity contribution in [3.8, 4) is 5.75 Å². The second kappa shape index (κ2) is 13.5. The molecule has 1 heterocycles. The van der Waals surface area contributed by atoms with Crippen LogP contribution in [0.15, 0.2) is 48.5 Å². The number of hydrogen-bond donors (Lipinski definition) is 4. The molecule has 1 fully saturated rings. The summed E-state index contributed by atoms with van der Waals surface area (Å²) in [6, 6.07) is 15.4. The number of phenols is 1. The normalized spacial score (nSPS) is 14.3. The number of aliphatic hydroxyl groups excluding tert-OH is 1. The van der Waals surface area contributed by atoms with Crippen LogP contribution in [0.2, 0.25) is 0 Å². The summed E-state index contributed by atoms with van der Waals surface area (Å²) in [4.78, 5) is 14.7. The first-order valence-electron chi connectivity index (χ1n) is 11.0. The molecule has 2 aromatic carbocycles. The smallest absolute Gasteiger partial charge is 0.211 e. The molecule has 0 radical (unpaired) electrons. The number of phenolic OH excluding ortho intramolecular Hbond substituents is 1. The minimum Gasteiger partial charge on any atom is -0.508 e. The molecule has 0 saturated carbocycles. The van der Waals surface area contributed by atoms with Crippen molar-refractivity contribution < 1.29 is 15.0 Å². The van der Waals surface area contributed by atoms with Gasteiger partial charge in [0, 0.05) is 55.3 Å². The van der Waals surface area contributed by atoms with Gasteiger partial charge in [0.2, 0.25) is 6.41 Å². The van der Waals surface area contributed by atoms with E-state index in [0.29, 0.717) is 24.7 Å². The number of aromatic hydroxyl groups is 1. The van der Waals surface area contributed by atoms with Gasteiger partial charge in [-0.1, -0.05) is 13.0 Å². The molecule has 31 heavy (non-hydrogen) atoms. The number of carbonyl (C=O) groups excluding carboxylic acids is 1. The van der Waals surface area contributed by atoms with Gasteiger partial charge in [0.05, 0.1) is 6.61 Å². The fourth-order valence-electron chi connectivity index (χ4n) is 3.65. The number of piperidine rings is 1. The number of likely N-dealkylation sites (N-methyl/N-ethyl adjacent to an activating group) is 1. The number of nitrogens with zero attached hydrogens (tertiary/aromatic N) is 2. The zero-order chi connectivity index (χ0) is 22.5. The summed E-state index contributed by atoms with van der Waals surface area (Å²) in [6.45, 7) is 9.36. The number of anilines is 3. The average molecular weight is 429 g/mol. The third-order valence-electron chi connectivity index (χ3n) is 5.46. The van der Waals surface area contributed by atoms with Crippen molar-refractivity contribution in [2.75, 3.05) is 54.9 Å². The number of amides is 1. The number of carbonyl (C=O) groups is 1. The van der Waals surface area contributed by atoms with Gasteiger partial charge < -0.3 is 30.6 Å². The van der Waals surface area contributed by atoms with E-state index < -0.39 is 0 Å². The van der Waals surface area contributed by atoms with Crippen LogP contribution in [0, 0.1) is 0 Å². The van der Waals surface area contributed by atoms with E-state index in [-0.39, 0.29) is 6.61 Å². The van der Waals surface area contributed by atoms with Crippen molar-refractivity contribution in [3.63, 3.8) is 0 Å². The first-order chi connectivity index (χ1) is 15.1. The Morgan fingerprint density at radius 3 is 2.35 bits per heavy atom.